The van der Waals surface area contributed by atoms with Crippen molar-refractivity contribution in [1.82, 2.24) is 19.9 Å². The SMILES string of the molecule is ClOCl.Nc1nc2[nH]cnc2c(=O)[nH]1.[BiH3]. The van der Waals surface area contributed by atoms with E-state index in [2.05, 4.69) is 47.5 Å². The maximum absolute atomic E-state index is 11.0. The van der Waals surface area contributed by atoms with E-state index in [1.54, 1.807) is 0 Å². The van der Waals surface area contributed by atoms with Gasteiger partial charge < -0.3 is 10.7 Å². The topological polar surface area (TPSA) is 110 Å². The van der Waals surface area contributed by atoms with Crippen LogP contribution in [0.25, 0.3) is 11.2 Å². The van der Waals surface area contributed by atoms with E-state index in [0.717, 1.165) is 0 Å². The second-order valence-corrected chi connectivity index (χ2v) is 2.58. The third kappa shape index (κ3) is 3.91. The molecule has 15 heavy (non-hydrogen) atoms. The molecule has 2 aromatic rings. The van der Waals surface area contributed by atoms with E-state index >= 15 is 0 Å². The molecule has 0 fully saturated rings. The summed E-state index contributed by atoms with van der Waals surface area (Å²) >= 11 is 8.53. The van der Waals surface area contributed by atoms with Gasteiger partial charge in [0, 0.05) is 0 Å². The number of H-pyrrole nitrogens is 2. The molecule has 2 rings (SSSR count). The van der Waals surface area contributed by atoms with Crippen LogP contribution in [0.1, 0.15) is 0 Å². The van der Waals surface area contributed by atoms with E-state index in [9.17, 15) is 4.79 Å². The Kier molecular flexibility index (Phi) is 6.75. The maximum atomic E-state index is 11.0. The first-order valence-corrected chi connectivity index (χ1v) is 3.89. The molecule has 0 saturated heterocycles. The molecule has 0 bridgehead atoms. The van der Waals surface area contributed by atoms with Crippen LogP contribution in [0.5, 0.6) is 0 Å². The Bertz CT molecular complexity index is 472. The van der Waals surface area contributed by atoms with Crippen molar-refractivity contribution in [2.75, 3.05) is 5.73 Å². The van der Waals surface area contributed by atoms with Crippen LogP contribution in [0.4, 0.5) is 5.95 Å². The van der Waals surface area contributed by atoms with Crippen LogP contribution in [-0.2, 0) is 3.84 Å². The summed E-state index contributed by atoms with van der Waals surface area (Å²) in [6.45, 7) is 0. The quantitative estimate of drug-likeness (QED) is 0.463. The van der Waals surface area contributed by atoms with Gasteiger partial charge in [-0.15, -0.1) is 0 Å². The molecule has 2 heterocycles. The number of nitrogens with one attached hydrogen (secondary N) is 2. The van der Waals surface area contributed by atoms with Gasteiger partial charge in [0.2, 0.25) is 5.95 Å². The molecule has 0 aliphatic heterocycles. The Morgan fingerprint density at radius 3 is 2.67 bits per heavy atom. The molecular weight excluding hydrogens is 442 g/mol. The van der Waals surface area contributed by atoms with Crippen molar-refractivity contribution < 1.29 is 3.84 Å². The Morgan fingerprint density at radius 1 is 1.47 bits per heavy atom. The predicted octanol–water partition coefficient (Wildman–Crippen LogP) is -0.645. The molecule has 7 nitrogen and oxygen atoms in total. The first-order chi connectivity index (χ1) is 6.69. The molecule has 2 aromatic heterocycles. The summed E-state index contributed by atoms with van der Waals surface area (Å²) in [4.78, 5) is 23.6. The fourth-order valence-corrected chi connectivity index (χ4v) is 0.863. The van der Waals surface area contributed by atoms with Gasteiger partial charge in [-0.2, -0.15) is 8.83 Å². The van der Waals surface area contributed by atoms with Crippen LogP contribution in [0.2, 0.25) is 0 Å². The van der Waals surface area contributed by atoms with Crippen molar-refractivity contribution in [3.05, 3.63) is 16.7 Å². The van der Waals surface area contributed by atoms with Gasteiger partial charge in [0.25, 0.3) is 5.56 Å². The summed E-state index contributed by atoms with van der Waals surface area (Å²) in [6, 6.07) is 0. The third-order valence-electron chi connectivity index (χ3n) is 1.31. The summed E-state index contributed by atoms with van der Waals surface area (Å²) in [5.74, 6) is 0.0896. The molecule has 0 unspecified atom stereocenters. The van der Waals surface area contributed by atoms with Crippen LogP contribution in [-0.4, -0.2) is 46.1 Å². The average Bonchev–Trinajstić information content (AvgIpc) is 2.53. The molecule has 0 saturated carbocycles. The number of aromatic amines is 2. The van der Waals surface area contributed by atoms with Crippen LogP contribution in [0.3, 0.4) is 0 Å². The van der Waals surface area contributed by atoms with Gasteiger partial charge in [-0.3, -0.25) is 9.78 Å². The fraction of sp³-hybridized carbons (Fsp3) is 0. The standard InChI is InChI=1S/C5H5N5O.Bi.Cl2O.3H/c6-5-9-3-2(4(11)10-5)7-1-8-3;;1-3-2;;;/h1H,(H4,6,7,8,9,10,11);;;;;. The number of rotatable bonds is 0. The van der Waals surface area contributed by atoms with E-state index in [4.69, 9.17) is 5.73 Å². The number of hydrogen-bond acceptors (Lipinski definition) is 5. The summed E-state index contributed by atoms with van der Waals surface area (Å²) in [5.41, 5.74) is 5.63. The normalized spacial score (nSPS) is 8.93. The number of halogens is 2. The number of imidazole rings is 1. The molecule has 10 heteroatoms. The fourth-order valence-electron chi connectivity index (χ4n) is 0.863. The summed E-state index contributed by atoms with van der Waals surface area (Å²) in [5, 5.41) is 0. The number of hydrogen-bond donors (Lipinski definition) is 3. The Hall–Kier alpha value is -0.427. The van der Waals surface area contributed by atoms with E-state index in [1.165, 1.54) is 6.33 Å². The Balaban J connectivity index is 0.000000443. The van der Waals surface area contributed by atoms with E-state index in [-0.39, 0.29) is 43.2 Å². The van der Waals surface area contributed by atoms with Crippen molar-refractivity contribution in [2.45, 2.75) is 0 Å². The molecule has 0 spiro atoms. The van der Waals surface area contributed by atoms with Gasteiger partial charge in [-0.05, 0) is 0 Å². The monoisotopic (exact) mass is 449 g/mol. The predicted molar refractivity (Wildman–Crippen MR) is 61.7 cm³/mol. The molecule has 0 aromatic carbocycles. The number of nitrogen functional groups attached to an aromatic ring is 1. The number of nitrogens with two attached hydrogens (primary N) is 1. The Labute approximate surface area is 113 Å². The van der Waals surface area contributed by atoms with Crippen molar-refractivity contribution in [2.24, 2.45) is 0 Å². The number of aromatic nitrogens is 4. The first kappa shape index (κ1) is 14.6. The van der Waals surface area contributed by atoms with E-state index in [0.29, 0.717) is 5.65 Å². The molecule has 4 N–H and O–H groups in total. The van der Waals surface area contributed by atoms with Crippen LogP contribution < -0.4 is 11.3 Å². The number of anilines is 1. The third-order valence-corrected chi connectivity index (χ3v) is 1.31. The van der Waals surface area contributed by atoms with Gasteiger partial charge in [0.15, 0.2) is 11.2 Å². The molecule has 0 aliphatic carbocycles. The van der Waals surface area contributed by atoms with Crippen LogP contribution >= 0.6 is 23.7 Å². The van der Waals surface area contributed by atoms with Gasteiger partial charge in [-0.1, -0.05) is 0 Å². The summed E-state index contributed by atoms with van der Waals surface area (Å²) < 4.78 is 3.19. The molecule has 0 amide bonds. The minimum absolute atomic E-state index is 0. The Morgan fingerprint density at radius 2 is 2.07 bits per heavy atom. The van der Waals surface area contributed by atoms with Crippen molar-refractivity contribution in [1.29, 1.82) is 0 Å². The van der Waals surface area contributed by atoms with Crippen molar-refractivity contribution in [3.63, 3.8) is 0 Å². The number of fused-ring (bicyclic) bond motifs is 1. The minimum atomic E-state index is -0.325. The van der Waals surface area contributed by atoms with E-state index in [1.807, 2.05) is 0 Å². The zero-order valence-electron chi connectivity index (χ0n) is 7.33. The molecule has 0 aliphatic rings. The molecule has 0 atom stereocenters. The molecular formula is C5H8BiCl2N5O2. The zero-order chi connectivity index (χ0) is 10.6. The van der Waals surface area contributed by atoms with Gasteiger partial charge in [-0.25, -0.2) is 4.98 Å². The van der Waals surface area contributed by atoms with Gasteiger partial charge in [0.05, 0.1) is 30.1 Å². The van der Waals surface area contributed by atoms with Gasteiger partial charge >= 0.3 is 26.2 Å². The summed E-state index contributed by atoms with van der Waals surface area (Å²) in [7, 11) is 0. The van der Waals surface area contributed by atoms with Gasteiger partial charge in [0.1, 0.15) is 0 Å². The van der Waals surface area contributed by atoms with E-state index < -0.39 is 0 Å². The van der Waals surface area contributed by atoms with Crippen molar-refractivity contribution >= 4 is 67.0 Å². The van der Waals surface area contributed by atoms with Crippen LogP contribution in [0, 0.1) is 0 Å². The summed E-state index contributed by atoms with van der Waals surface area (Å²) in [6.07, 6.45) is 1.40. The molecule has 84 valence electrons. The zero-order valence-corrected chi connectivity index (χ0v) is 14.3. The van der Waals surface area contributed by atoms with Crippen LogP contribution in [0.15, 0.2) is 11.1 Å². The average molecular weight is 450 g/mol. The first-order valence-electron chi connectivity index (χ1n) is 3.27. The molecule has 0 radical (unpaired) electrons. The second-order valence-electron chi connectivity index (χ2n) is 2.11. The number of nitrogens with zero attached hydrogens (tertiary/aromatic N) is 2. The second kappa shape index (κ2) is 6.95. The van der Waals surface area contributed by atoms with Crippen molar-refractivity contribution in [3.8, 4) is 0 Å².